The lowest BCUT2D eigenvalue weighted by Crippen LogP contribution is -2.30. The average Bonchev–Trinajstić information content (AvgIpc) is 3.43. The summed E-state index contributed by atoms with van der Waals surface area (Å²) in [5.74, 6) is -1.45. The molecule has 0 aromatic carbocycles. The van der Waals surface area contributed by atoms with E-state index in [1.165, 1.54) is 193 Å². The lowest BCUT2D eigenvalue weighted by molar-refractivity contribution is -0.161. The third-order valence-corrected chi connectivity index (χ3v) is 15.5. The van der Waals surface area contributed by atoms with Crippen molar-refractivity contribution in [1.82, 2.24) is 0 Å². The molecule has 0 amide bonds. The molecular weight excluding hydrogens is 1000 g/mol. The summed E-state index contributed by atoms with van der Waals surface area (Å²) in [6, 6.07) is 0. The van der Waals surface area contributed by atoms with Crippen molar-refractivity contribution >= 4 is 25.7 Å². The fourth-order valence-electron chi connectivity index (χ4n) is 9.50. The Morgan fingerprint density at radius 2 is 0.628 bits per heavy atom. The lowest BCUT2D eigenvalue weighted by Gasteiger charge is -2.21. The summed E-state index contributed by atoms with van der Waals surface area (Å²) in [4.78, 5) is 48.8. The molecule has 0 heterocycles. The maximum Gasteiger partial charge on any atom is 0.472 e. The first-order chi connectivity index (χ1) is 38.2. The summed E-state index contributed by atoms with van der Waals surface area (Å²) < 4.78 is 39.7. The number of carbonyl (C=O) groups excluding carboxylic acids is 3. The van der Waals surface area contributed by atoms with E-state index in [9.17, 15) is 28.9 Å². The number of allylic oxidation sites excluding steroid dienone is 6. The van der Waals surface area contributed by atoms with Crippen molar-refractivity contribution < 1.29 is 52.2 Å². The van der Waals surface area contributed by atoms with E-state index >= 15 is 0 Å². The van der Waals surface area contributed by atoms with Gasteiger partial charge in [0.2, 0.25) is 0 Å². The topological polar surface area (TPSA) is 155 Å². The number of ether oxygens (including phenoxy) is 3. The van der Waals surface area contributed by atoms with E-state index in [1.807, 2.05) is 0 Å². The zero-order valence-corrected chi connectivity index (χ0v) is 51.8. The first-order valence-corrected chi connectivity index (χ1v) is 34.4. The molecule has 3 unspecified atom stereocenters. The normalized spacial score (nSPS) is 13.4. The number of aliphatic hydroxyl groups excluding tert-OH is 1. The Hall–Kier alpha value is -2.30. The van der Waals surface area contributed by atoms with Crippen molar-refractivity contribution in [1.29, 1.82) is 0 Å². The highest BCUT2D eigenvalue weighted by Gasteiger charge is 2.28. The minimum Gasteiger partial charge on any atom is -0.462 e. The van der Waals surface area contributed by atoms with Crippen LogP contribution >= 0.6 is 7.82 Å². The van der Waals surface area contributed by atoms with E-state index < -0.39 is 57.8 Å². The molecule has 0 saturated carbocycles. The van der Waals surface area contributed by atoms with Crippen molar-refractivity contribution in [2.24, 2.45) is 0 Å². The molecule has 0 spiro atoms. The predicted octanol–water partition coefficient (Wildman–Crippen LogP) is 19.9. The van der Waals surface area contributed by atoms with Gasteiger partial charge < -0.3 is 24.2 Å². The molecule has 0 bridgehead atoms. The van der Waals surface area contributed by atoms with Crippen molar-refractivity contribution in [3.8, 4) is 0 Å². The summed E-state index contributed by atoms with van der Waals surface area (Å²) in [6.45, 7) is 4.68. The van der Waals surface area contributed by atoms with Gasteiger partial charge in [0, 0.05) is 19.3 Å². The second-order valence-corrected chi connectivity index (χ2v) is 23.7. The Labute approximate surface area is 480 Å². The quantitative estimate of drug-likeness (QED) is 0.0197. The lowest BCUT2D eigenvalue weighted by atomic mass is 10.0. The van der Waals surface area contributed by atoms with Gasteiger partial charge in [-0.2, -0.15) is 0 Å². The smallest absolute Gasteiger partial charge is 0.462 e. The second kappa shape index (κ2) is 60.8. The van der Waals surface area contributed by atoms with E-state index in [-0.39, 0.29) is 25.9 Å². The van der Waals surface area contributed by atoms with Gasteiger partial charge in [0.25, 0.3) is 0 Å². The minimum atomic E-state index is -4.75. The summed E-state index contributed by atoms with van der Waals surface area (Å²) >= 11 is 0. The number of hydrogen-bond donors (Lipinski definition) is 2. The summed E-state index contributed by atoms with van der Waals surface area (Å²) in [7, 11) is -4.75. The Balaban J connectivity index is 4.67. The summed E-state index contributed by atoms with van der Waals surface area (Å²) in [6.07, 6.45) is 65.2. The van der Waals surface area contributed by atoms with Gasteiger partial charge in [-0.1, -0.05) is 269 Å². The van der Waals surface area contributed by atoms with Crippen LogP contribution in [-0.4, -0.2) is 66.5 Å². The maximum atomic E-state index is 13.0. The van der Waals surface area contributed by atoms with Crippen LogP contribution in [0.5, 0.6) is 0 Å². The van der Waals surface area contributed by atoms with Crippen molar-refractivity contribution in [2.75, 3.05) is 26.4 Å². The molecule has 0 aromatic heterocycles. The molecule has 0 saturated heterocycles. The molecule has 0 radical (unpaired) electrons. The maximum absolute atomic E-state index is 13.0. The van der Waals surface area contributed by atoms with E-state index in [0.29, 0.717) is 19.3 Å². The molecule has 3 atom stereocenters. The Kier molecular flexibility index (Phi) is 59.0. The van der Waals surface area contributed by atoms with Gasteiger partial charge in [0.1, 0.15) is 12.7 Å². The fourth-order valence-corrected chi connectivity index (χ4v) is 10.3. The number of hydrogen-bond acceptors (Lipinski definition) is 10. The van der Waals surface area contributed by atoms with Gasteiger partial charge in [0.15, 0.2) is 6.10 Å². The first-order valence-electron chi connectivity index (χ1n) is 32.9. The number of rotatable bonds is 62. The molecule has 458 valence electrons. The molecule has 0 aliphatic heterocycles. The van der Waals surface area contributed by atoms with Crippen LogP contribution in [-0.2, 0) is 42.2 Å². The Morgan fingerprint density at radius 3 is 0.987 bits per heavy atom. The van der Waals surface area contributed by atoms with Gasteiger partial charge in [0.05, 0.1) is 19.8 Å². The van der Waals surface area contributed by atoms with Crippen molar-refractivity contribution in [3.63, 3.8) is 0 Å². The van der Waals surface area contributed by atoms with Crippen molar-refractivity contribution in [3.05, 3.63) is 36.5 Å². The van der Waals surface area contributed by atoms with Gasteiger partial charge in [-0.15, -0.1) is 0 Å². The van der Waals surface area contributed by atoms with Crippen LogP contribution < -0.4 is 0 Å². The van der Waals surface area contributed by atoms with Crippen LogP contribution in [0.25, 0.3) is 0 Å². The molecule has 0 aliphatic rings. The number of esters is 3. The fraction of sp³-hybridized carbons (Fsp3) is 0.864. The predicted molar refractivity (Wildman–Crippen MR) is 326 cm³/mol. The molecule has 0 rings (SSSR count). The molecule has 2 N–H and O–H groups in total. The van der Waals surface area contributed by atoms with Gasteiger partial charge in [-0.25, -0.2) is 4.57 Å². The third-order valence-electron chi connectivity index (χ3n) is 14.5. The minimum absolute atomic E-state index is 0.162. The average molecular weight is 1120 g/mol. The SMILES string of the molecule is CCCCC/C=C\C/C=C\CCCCCCCCCC(=O)OC(COC(=O)CCCCCCCCCCC/C=C\CCCCCCCC)COP(=O)(O)OCC(CO)OC(=O)CCCCCCCCCCCCCCCCC. The van der Waals surface area contributed by atoms with E-state index in [2.05, 4.69) is 57.2 Å². The van der Waals surface area contributed by atoms with Crippen LogP contribution in [0, 0.1) is 0 Å². The van der Waals surface area contributed by atoms with E-state index in [0.717, 1.165) is 77.0 Å². The van der Waals surface area contributed by atoms with Crippen molar-refractivity contribution in [2.45, 2.75) is 341 Å². The number of phosphoric acid groups is 1. The monoisotopic (exact) mass is 1120 g/mol. The molecular formula is C66H123O11P. The van der Waals surface area contributed by atoms with Crippen LogP contribution in [0.2, 0.25) is 0 Å². The number of carbonyl (C=O) groups is 3. The van der Waals surface area contributed by atoms with Gasteiger partial charge in [-0.05, 0) is 77.0 Å². The highest BCUT2D eigenvalue weighted by atomic mass is 31.2. The van der Waals surface area contributed by atoms with E-state index in [1.54, 1.807) is 0 Å². The second-order valence-electron chi connectivity index (χ2n) is 22.3. The number of phosphoric ester groups is 1. The number of unbranched alkanes of at least 4 members (excludes halogenated alkanes) is 39. The largest absolute Gasteiger partial charge is 0.472 e. The molecule has 11 nitrogen and oxygen atoms in total. The molecule has 78 heavy (non-hydrogen) atoms. The highest BCUT2D eigenvalue weighted by molar-refractivity contribution is 7.47. The van der Waals surface area contributed by atoms with Crippen LogP contribution in [0.3, 0.4) is 0 Å². The van der Waals surface area contributed by atoms with Crippen LogP contribution in [0.15, 0.2) is 36.5 Å². The van der Waals surface area contributed by atoms with Crippen LogP contribution in [0.4, 0.5) is 0 Å². The first kappa shape index (κ1) is 75.7. The van der Waals surface area contributed by atoms with E-state index in [4.69, 9.17) is 23.3 Å². The zero-order valence-electron chi connectivity index (χ0n) is 50.9. The third kappa shape index (κ3) is 58.4. The number of aliphatic hydroxyl groups is 1. The van der Waals surface area contributed by atoms with Gasteiger partial charge >= 0.3 is 25.7 Å². The highest BCUT2D eigenvalue weighted by Crippen LogP contribution is 2.43. The zero-order chi connectivity index (χ0) is 56.9. The standard InChI is InChI=1S/C66H123O11P/c1-4-7-10-13-16-19-22-25-28-30-31-33-35-37-40-43-46-49-52-55-64(68)73-59-63(77-66(70)57-54-51-48-45-42-39-36-32-29-26-23-20-17-14-11-8-5-2)61-75-78(71,72)74-60-62(58-67)76-65(69)56-53-50-47-44-41-38-34-27-24-21-18-15-12-9-6-3/h17,20,25-26,28-29,62-63,67H,4-16,18-19,21-24,27,30-61H2,1-3H3,(H,71,72)/b20-17-,28-25-,29-26-. The molecule has 0 aromatic rings. The molecule has 0 fully saturated rings. The Morgan fingerprint density at radius 1 is 0.359 bits per heavy atom. The van der Waals surface area contributed by atoms with Gasteiger partial charge in [-0.3, -0.25) is 23.4 Å². The molecule has 12 heteroatoms. The summed E-state index contributed by atoms with van der Waals surface area (Å²) in [5.41, 5.74) is 0. The Bertz CT molecular complexity index is 1450. The molecule has 0 aliphatic carbocycles. The van der Waals surface area contributed by atoms with Crippen LogP contribution in [0.1, 0.15) is 329 Å². The summed E-state index contributed by atoms with van der Waals surface area (Å²) in [5, 5.41) is 9.85.